The van der Waals surface area contributed by atoms with Gasteiger partial charge in [-0.1, -0.05) is 29.8 Å². The van der Waals surface area contributed by atoms with Crippen LogP contribution in [0.2, 0.25) is 5.02 Å². The number of sulfonamides is 1. The number of rotatable bonds is 5. The molecule has 0 radical (unpaired) electrons. The minimum atomic E-state index is -3.98. The van der Waals surface area contributed by atoms with Crippen molar-refractivity contribution in [1.29, 1.82) is 0 Å². The van der Waals surface area contributed by atoms with Crippen LogP contribution in [0.5, 0.6) is 0 Å². The third kappa shape index (κ3) is 4.18. The number of alkyl halides is 2. The molecule has 1 atom stereocenters. The Hall–Kier alpha value is -2.69. The first-order chi connectivity index (χ1) is 15.6. The van der Waals surface area contributed by atoms with Crippen molar-refractivity contribution in [3.63, 3.8) is 0 Å². The second-order valence-corrected chi connectivity index (χ2v) is 10.8. The van der Waals surface area contributed by atoms with E-state index >= 15 is 0 Å². The molecule has 0 bridgehead atoms. The minimum absolute atomic E-state index is 0.0580. The van der Waals surface area contributed by atoms with Gasteiger partial charge in [0.1, 0.15) is 6.10 Å². The monoisotopic (exact) mass is 495 g/mol. The number of H-pyrrole nitrogens is 1. The average molecular weight is 496 g/mol. The van der Waals surface area contributed by atoms with E-state index in [0.29, 0.717) is 21.6 Å². The predicted octanol–water partition coefficient (Wildman–Crippen LogP) is 4.77. The third-order valence-corrected chi connectivity index (χ3v) is 7.77. The molecule has 2 aromatic carbocycles. The standard InChI is InChI=1S/C22H20ClF2N3O4S/c23-16-9-26-19-15(16)5-2-6-17(19)28-33(30,31)14-4-1-3-13(7-14)27-20(29)18-8-21(12-32-18)10-22(24,25)11-21/h1-7,9,18,26,28H,8,10-12H2,(H,27,29). The summed E-state index contributed by atoms with van der Waals surface area (Å²) in [6, 6.07) is 10.8. The number of ether oxygens (including phenoxy) is 1. The van der Waals surface area contributed by atoms with Crippen LogP contribution in [0.1, 0.15) is 19.3 Å². The van der Waals surface area contributed by atoms with E-state index in [4.69, 9.17) is 16.3 Å². The van der Waals surface area contributed by atoms with Gasteiger partial charge in [-0.05, 0) is 30.7 Å². The predicted molar refractivity (Wildman–Crippen MR) is 120 cm³/mol. The molecule has 1 saturated heterocycles. The molecular weight excluding hydrogens is 476 g/mol. The Morgan fingerprint density at radius 2 is 1.94 bits per heavy atom. The second kappa shape index (κ2) is 7.68. The summed E-state index contributed by atoms with van der Waals surface area (Å²) >= 11 is 6.10. The molecule has 3 N–H and O–H groups in total. The molecule has 7 nitrogen and oxygen atoms in total. The number of hydrogen-bond donors (Lipinski definition) is 3. The van der Waals surface area contributed by atoms with Gasteiger partial charge < -0.3 is 15.0 Å². The smallest absolute Gasteiger partial charge is 0.262 e. The maximum Gasteiger partial charge on any atom is 0.262 e. The summed E-state index contributed by atoms with van der Waals surface area (Å²) in [4.78, 5) is 15.5. The summed E-state index contributed by atoms with van der Waals surface area (Å²) in [6.45, 7) is 0.118. The quantitative estimate of drug-likeness (QED) is 0.475. The van der Waals surface area contributed by atoms with Gasteiger partial charge in [0.2, 0.25) is 5.92 Å². The first-order valence-corrected chi connectivity index (χ1v) is 12.1. The van der Waals surface area contributed by atoms with Gasteiger partial charge >= 0.3 is 0 Å². The molecule has 33 heavy (non-hydrogen) atoms. The normalized spacial score (nSPS) is 21.1. The van der Waals surface area contributed by atoms with Crippen molar-refractivity contribution in [3.05, 3.63) is 53.7 Å². The molecule has 1 spiro atoms. The van der Waals surface area contributed by atoms with Crippen LogP contribution in [0.15, 0.2) is 53.6 Å². The van der Waals surface area contributed by atoms with Crippen LogP contribution in [-0.2, 0) is 19.6 Å². The molecule has 3 aromatic rings. The average Bonchev–Trinajstić information content (AvgIpc) is 3.32. The van der Waals surface area contributed by atoms with E-state index in [1.54, 1.807) is 30.5 Å². The van der Waals surface area contributed by atoms with Crippen LogP contribution in [0.4, 0.5) is 20.2 Å². The van der Waals surface area contributed by atoms with Gasteiger partial charge in [0.15, 0.2) is 0 Å². The van der Waals surface area contributed by atoms with Crippen LogP contribution in [0.3, 0.4) is 0 Å². The molecule has 11 heteroatoms. The van der Waals surface area contributed by atoms with Crippen LogP contribution < -0.4 is 10.0 Å². The van der Waals surface area contributed by atoms with Gasteiger partial charge in [0.05, 0.1) is 27.7 Å². The highest BCUT2D eigenvalue weighted by Crippen LogP contribution is 2.57. The molecule has 1 aliphatic heterocycles. The van der Waals surface area contributed by atoms with Crippen molar-refractivity contribution in [2.24, 2.45) is 5.41 Å². The van der Waals surface area contributed by atoms with Crippen molar-refractivity contribution >= 4 is 49.8 Å². The number of benzene rings is 2. The topological polar surface area (TPSA) is 100 Å². The number of anilines is 2. The molecule has 2 fully saturated rings. The number of nitrogens with one attached hydrogen (secondary N) is 3. The zero-order valence-corrected chi connectivity index (χ0v) is 18.8. The lowest BCUT2D eigenvalue weighted by Crippen LogP contribution is -2.46. The van der Waals surface area contributed by atoms with Crippen molar-refractivity contribution in [1.82, 2.24) is 4.98 Å². The highest BCUT2D eigenvalue weighted by Gasteiger charge is 2.60. The number of hydrogen-bond acceptors (Lipinski definition) is 4. The maximum absolute atomic E-state index is 13.3. The highest BCUT2D eigenvalue weighted by atomic mass is 35.5. The fourth-order valence-electron chi connectivity index (χ4n) is 4.62. The summed E-state index contributed by atoms with van der Waals surface area (Å²) in [6.07, 6.45) is 0.385. The van der Waals surface area contributed by atoms with Gasteiger partial charge in [-0.25, -0.2) is 17.2 Å². The maximum atomic E-state index is 13.3. The number of para-hydroxylation sites is 1. The number of fused-ring (bicyclic) bond motifs is 1. The lowest BCUT2D eigenvalue weighted by molar-refractivity contribution is -0.160. The molecule has 2 aliphatic rings. The molecule has 174 valence electrons. The van der Waals surface area contributed by atoms with Crippen molar-refractivity contribution in [2.45, 2.75) is 36.2 Å². The SMILES string of the molecule is O=C(Nc1cccc(S(=O)(=O)Nc2cccc3c(Cl)c[nH]c23)c1)C1CC2(CO1)CC(F)(F)C2. The Morgan fingerprint density at radius 1 is 1.18 bits per heavy atom. The lowest BCUT2D eigenvalue weighted by atomic mass is 9.65. The fraction of sp³-hybridized carbons (Fsp3) is 0.318. The van der Waals surface area contributed by atoms with E-state index < -0.39 is 33.4 Å². The van der Waals surface area contributed by atoms with E-state index in [2.05, 4.69) is 15.0 Å². The number of aromatic nitrogens is 1. The number of amides is 1. The van der Waals surface area contributed by atoms with Crippen LogP contribution in [0.25, 0.3) is 10.9 Å². The van der Waals surface area contributed by atoms with Crippen molar-refractivity contribution in [3.8, 4) is 0 Å². The van der Waals surface area contributed by atoms with Crippen molar-refractivity contribution < 1.29 is 26.7 Å². The molecule has 1 unspecified atom stereocenters. The summed E-state index contributed by atoms with van der Waals surface area (Å²) in [5.74, 6) is -3.18. The largest absolute Gasteiger partial charge is 0.368 e. The molecule has 1 aliphatic carbocycles. The number of carbonyl (C=O) groups excluding carboxylic acids is 1. The van der Waals surface area contributed by atoms with E-state index in [0.717, 1.165) is 0 Å². The molecule has 1 aromatic heterocycles. The van der Waals surface area contributed by atoms with E-state index in [1.165, 1.54) is 18.2 Å². The van der Waals surface area contributed by atoms with Crippen LogP contribution in [0, 0.1) is 5.41 Å². The first-order valence-electron chi connectivity index (χ1n) is 10.2. The number of halogens is 3. The Morgan fingerprint density at radius 3 is 2.70 bits per heavy atom. The molecule has 1 amide bonds. The number of carbonyl (C=O) groups is 1. The zero-order valence-electron chi connectivity index (χ0n) is 17.2. The molecule has 2 heterocycles. The summed E-state index contributed by atoms with van der Waals surface area (Å²) in [5, 5.41) is 3.78. The molecule has 5 rings (SSSR count). The van der Waals surface area contributed by atoms with Gasteiger partial charge in [0.25, 0.3) is 15.9 Å². The Balaban J connectivity index is 1.30. The van der Waals surface area contributed by atoms with E-state index in [1.807, 2.05) is 0 Å². The van der Waals surface area contributed by atoms with Gasteiger partial charge in [-0.3, -0.25) is 9.52 Å². The van der Waals surface area contributed by atoms with Crippen molar-refractivity contribution in [2.75, 3.05) is 16.6 Å². The molecular formula is C22H20ClF2N3O4S. The Kier molecular flexibility index (Phi) is 5.15. The summed E-state index contributed by atoms with van der Waals surface area (Å²) in [7, 11) is -3.98. The van der Waals surface area contributed by atoms with Gasteiger partial charge in [0, 0.05) is 35.5 Å². The highest BCUT2D eigenvalue weighted by molar-refractivity contribution is 7.92. The summed E-state index contributed by atoms with van der Waals surface area (Å²) in [5.41, 5.74) is 0.482. The van der Waals surface area contributed by atoms with Gasteiger partial charge in [-0.15, -0.1) is 0 Å². The van der Waals surface area contributed by atoms with Crippen LogP contribution >= 0.6 is 11.6 Å². The Labute approximate surface area is 193 Å². The minimum Gasteiger partial charge on any atom is -0.368 e. The summed E-state index contributed by atoms with van der Waals surface area (Å²) < 4.78 is 60.5. The lowest BCUT2D eigenvalue weighted by Gasteiger charge is -2.43. The van der Waals surface area contributed by atoms with Gasteiger partial charge in [-0.2, -0.15) is 0 Å². The molecule has 1 saturated carbocycles. The zero-order chi connectivity index (χ0) is 23.4. The third-order valence-electron chi connectivity index (χ3n) is 6.09. The van der Waals surface area contributed by atoms with E-state index in [9.17, 15) is 22.0 Å². The van der Waals surface area contributed by atoms with Crippen LogP contribution in [-0.4, -0.2) is 37.9 Å². The first kappa shape index (κ1) is 22.1. The van der Waals surface area contributed by atoms with E-state index in [-0.39, 0.29) is 36.5 Å². The Bertz CT molecular complexity index is 1350. The second-order valence-electron chi connectivity index (χ2n) is 8.70. The fourth-order valence-corrected chi connectivity index (χ4v) is 5.95. The number of aromatic amines is 1.